The summed E-state index contributed by atoms with van der Waals surface area (Å²) in [4.78, 5) is 14.3. The minimum atomic E-state index is -0.248. The van der Waals surface area contributed by atoms with Crippen LogP contribution in [0.3, 0.4) is 0 Å². The van der Waals surface area contributed by atoms with Gasteiger partial charge in [0, 0.05) is 26.7 Å². The van der Waals surface area contributed by atoms with Crippen molar-refractivity contribution in [2.45, 2.75) is 13.0 Å². The van der Waals surface area contributed by atoms with E-state index in [2.05, 4.69) is 10.2 Å². The first-order chi connectivity index (χ1) is 12.2. The minimum Gasteiger partial charge on any atom is -0.383 e. The van der Waals surface area contributed by atoms with E-state index in [4.69, 9.17) is 4.74 Å². The van der Waals surface area contributed by atoms with E-state index < -0.39 is 0 Å². The molecule has 2 rings (SSSR count). The number of carbonyl (C=O) groups is 1. The van der Waals surface area contributed by atoms with Crippen molar-refractivity contribution in [2.24, 2.45) is 0 Å². The molecule has 0 spiro atoms. The van der Waals surface area contributed by atoms with Crippen LogP contribution in [0, 0.1) is 5.82 Å². The number of carbonyl (C=O) groups excluding carboxylic acids is 1. The molecule has 2 aromatic rings. The Morgan fingerprint density at radius 2 is 1.80 bits per heavy atom. The number of ether oxygens (including phenoxy) is 1. The Balaban J connectivity index is 1.78. The van der Waals surface area contributed by atoms with Crippen LogP contribution in [-0.2, 0) is 22.5 Å². The molecule has 5 heteroatoms. The van der Waals surface area contributed by atoms with Crippen molar-refractivity contribution in [3.8, 4) is 0 Å². The summed E-state index contributed by atoms with van der Waals surface area (Å²) < 4.78 is 18.0. The van der Waals surface area contributed by atoms with Crippen LogP contribution in [-0.4, -0.2) is 44.2 Å². The van der Waals surface area contributed by atoms with Crippen molar-refractivity contribution < 1.29 is 13.9 Å². The Morgan fingerprint density at radius 1 is 1.08 bits per heavy atom. The van der Waals surface area contributed by atoms with Gasteiger partial charge < -0.3 is 10.1 Å². The Labute approximate surface area is 148 Å². The predicted molar refractivity (Wildman–Crippen MR) is 96.7 cm³/mol. The molecular formula is C20H25FN2O2. The fraction of sp³-hybridized carbons (Fsp3) is 0.350. The topological polar surface area (TPSA) is 41.6 Å². The summed E-state index contributed by atoms with van der Waals surface area (Å²) >= 11 is 0. The maximum atomic E-state index is 12.9. The number of hydrogen-bond acceptors (Lipinski definition) is 3. The summed E-state index contributed by atoms with van der Waals surface area (Å²) in [7, 11) is 1.66. The second-order valence-electron chi connectivity index (χ2n) is 5.92. The molecular weight excluding hydrogens is 319 g/mol. The monoisotopic (exact) mass is 344 g/mol. The van der Waals surface area contributed by atoms with Gasteiger partial charge in [-0.05, 0) is 29.7 Å². The third-order valence-electron chi connectivity index (χ3n) is 3.88. The molecule has 1 amide bonds. The van der Waals surface area contributed by atoms with Gasteiger partial charge in [-0.3, -0.25) is 9.69 Å². The standard InChI is InChI=1S/C20H25FN2O2/c1-25-14-13-23(15-18-5-3-2-4-6-18)16-20(24)22-12-11-17-7-9-19(21)10-8-17/h2-10H,11-16H2,1H3,(H,22,24). The van der Waals surface area contributed by atoms with E-state index in [-0.39, 0.29) is 11.7 Å². The smallest absolute Gasteiger partial charge is 0.234 e. The summed E-state index contributed by atoms with van der Waals surface area (Å²) in [6.45, 7) is 2.83. The van der Waals surface area contributed by atoms with Crippen LogP contribution >= 0.6 is 0 Å². The number of nitrogens with zero attached hydrogens (tertiary/aromatic N) is 1. The highest BCUT2D eigenvalue weighted by Gasteiger charge is 2.11. The molecule has 0 fully saturated rings. The molecule has 1 N–H and O–H groups in total. The molecule has 0 bridgehead atoms. The summed E-state index contributed by atoms with van der Waals surface area (Å²) in [5.41, 5.74) is 2.17. The Bertz CT molecular complexity index is 632. The Kier molecular flexibility index (Phi) is 8.09. The summed E-state index contributed by atoms with van der Waals surface area (Å²) in [6, 6.07) is 16.4. The van der Waals surface area contributed by atoms with Gasteiger partial charge in [-0.25, -0.2) is 4.39 Å². The van der Waals surface area contributed by atoms with E-state index in [1.807, 2.05) is 30.3 Å². The zero-order valence-electron chi connectivity index (χ0n) is 14.6. The van der Waals surface area contributed by atoms with Crippen molar-refractivity contribution in [2.75, 3.05) is 33.4 Å². The maximum absolute atomic E-state index is 12.9. The number of nitrogens with one attached hydrogen (secondary N) is 1. The number of rotatable bonds is 10. The molecule has 25 heavy (non-hydrogen) atoms. The van der Waals surface area contributed by atoms with E-state index in [1.165, 1.54) is 12.1 Å². The lowest BCUT2D eigenvalue weighted by molar-refractivity contribution is -0.122. The number of halogens is 1. The second-order valence-corrected chi connectivity index (χ2v) is 5.92. The van der Waals surface area contributed by atoms with Gasteiger partial charge in [0.25, 0.3) is 0 Å². The van der Waals surface area contributed by atoms with Gasteiger partial charge in [-0.1, -0.05) is 42.5 Å². The third-order valence-corrected chi connectivity index (χ3v) is 3.88. The van der Waals surface area contributed by atoms with Crippen LogP contribution in [0.15, 0.2) is 54.6 Å². The summed E-state index contributed by atoms with van der Waals surface area (Å²) in [5.74, 6) is -0.267. The quantitative estimate of drug-likeness (QED) is 0.720. The molecule has 0 atom stereocenters. The van der Waals surface area contributed by atoms with Crippen molar-refractivity contribution in [3.05, 3.63) is 71.5 Å². The largest absolute Gasteiger partial charge is 0.383 e. The zero-order chi connectivity index (χ0) is 17.9. The van der Waals surface area contributed by atoms with E-state index in [1.54, 1.807) is 19.2 Å². The van der Waals surface area contributed by atoms with Gasteiger partial charge in [-0.2, -0.15) is 0 Å². The fourth-order valence-corrected chi connectivity index (χ4v) is 2.53. The highest BCUT2D eigenvalue weighted by atomic mass is 19.1. The van der Waals surface area contributed by atoms with Gasteiger partial charge in [0.15, 0.2) is 0 Å². The van der Waals surface area contributed by atoms with Gasteiger partial charge in [0.05, 0.1) is 13.2 Å². The first-order valence-corrected chi connectivity index (χ1v) is 8.43. The van der Waals surface area contributed by atoms with Crippen LogP contribution in [0.5, 0.6) is 0 Å². The highest BCUT2D eigenvalue weighted by Crippen LogP contribution is 2.05. The minimum absolute atomic E-state index is 0.0193. The predicted octanol–water partition coefficient (Wildman–Crippen LogP) is 2.63. The third kappa shape index (κ3) is 7.45. The number of benzene rings is 2. The van der Waals surface area contributed by atoms with E-state index >= 15 is 0 Å². The van der Waals surface area contributed by atoms with Crippen molar-refractivity contribution in [1.82, 2.24) is 10.2 Å². The molecule has 2 aromatic carbocycles. The Morgan fingerprint density at radius 3 is 2.48 bits per heavy atom. The molecule has 0 saturated carbocycles. The average Bonchev–Trinajstić information content (AvgIpc) is 2.62. The van der Waals surface area contributed by atoms with Crippen LogP contribution in [0.2, 0.25) is 0 Å². The average molecular weight is 344 g/mol. The number of amides is 1. The fourth-order valence-electron chi connectivity index (χ4n) is 2.53. The van der Waals surface area contributed by atoms with E-state index in [0.29, 0.717) is 39.2 Å². The molecule has 4 nitrogen and oxygen atoms in total. The molecule has 0 aromatic heterocycles. The molecule has 0 aliphatic rings. The van der Waals surface area contributed by atoms with Crippen molar-refractivity contribution in [1.29, 1.82) is 0 Å². The van der Waals surface area contributed by atoms with Crippen LogP contribution in [0.25, 0.3) is 0 Å². The van der Waals surface area contributed by atoms with Crippen molar-refractivity contribution in [3.63, 3.8) is 0 Å². The second kappa shape index (κ2) is 10.6. The van der Waals surface area contributed by atoms with Gasteiger partial charge in [0.1, 0.15) is 5.82 Å². The van der Waals surface area contributed by atoms with Gasteiger partial charge >= 0.3 is 0 Å². The van der Waals surface area contributed by atoms with E-state index in [0.717, 1.165) is 11.1 Å². The molecule has 0 aliphatic heterocycles. The van der Waals surface area contributed by atoms with Crippen LogP contribution in [0.1, 0.15) is 11.1 Å². The first-order valence-electron chi connectivity index (χ1n) is 8.43. The lowest BCUT2D eigenvalue weighted by Crippen LogP contribution is -2.39. The van der Waals surface area contributed by atoms with E-state index in [9.17, 15) is 9.18 Å². The Hall–Kier alpha value is -2.24. The molecule has 0 heterocycles. The van der Waals surface area contributed by atoms with Crippen LogP contribution in [0.4, 0.5) is 4.39 Å². The SMILES string of the molecule is COCCN(CC(=O)NCCc1ccc(F)cc1)Cc1ccccc1. The molecule has 0 radical (unpaired) electrons. The zero-order valence-corrected chi connectivity index (χ0v) is 14.6. The first kappa shape index (κ1) is 19.1. The molecule has 0 saturated heterocycles. The normalized spacial score (nSPS) is 10.8. The van der Waals surface area contributed by atoms with Crippen molar-refractivity contribution >= 4 is 5.91 Å². The number of methoxy groups -OCH3 is 1. The molecule has 134 valence electrons. The summed E-state index contributed by atoms with van der Waals surface area (Å²) in [5, 5.41) is 2.92. The number of hydrogen-bond donors (Lipinski definition) is 1. The molecule has 0 unspecified atom stereocenters. The maximum Gasteiger partial charge on any atom is 0.234 e. The van der Waals surface area contributed by atoms with Crippen LogP contribution < -0.4 is 5.32 Å². The molecule has 0 aliphatic carbocycles. The lowest BCUT2D eigenvalue weighted by Gasteiger charge is -2.21. The highest BCUT2D eigenvalue weighted by molar-refractivity contribution is 5.78. The van der Waals surface area contributed by atoms with Gasteiger partial charge in [-0.15, -0.1) is 0 Å². The lowest BCUT2D eigenvalue weighted by atomic mass is 10.1. The summed E-state index contributed by atoms with van der Waals surface area (Å²) in [6.07, 6.45) is 0.683. The van der Waals surface area contributed by atoms with Gasteiger partial charge in [0.2, 0.25) is 5.91 Å².